The molecule has 0 aliphatic carbocycles. The Morgan fingerprint density at radius 2 is 2.08 bits per heavy atom. The van der Waals surface area contributed by atoms with Gasteiger partial charge in [0.25, 0.3) is 0 Å². The number of carbonyl (C=O) groups excluding carboxylic acids is 1. The average molecular weight is 349 g/mol. The number of thioether (sulfide) groups is 1. The summed E-state index contributed by atoms with van der Waals surface area (Å²) >= 11 is 1.26. The van der Waals surface area contributed by atoms with Crippen LogP contribution in [0.4, 0.5) is 0 Å². The van der Waals surface area contributed by atoms with Crippen molar-refractivity contribution < 1.29 is 14.3 Å². The van der Waals surface area contributed by atoms with Gasteiger partial charge in [0.15, 0.2) is 5.82 Å². The zero-order chi connectivity index (χ0) is 17.1. The molecule has 0 spiro atoms. The summed E-state index contributed by atoms with van der Waals surface area (Å²) in [6, 6.07) is 7.43. The molecule has 1 fully saturated rings. The van der Waals surface area contributed by atoms with Crippen LogP contribution >= 0.6 is 11.8 Å². The van der Waals surface area contributed by atoms with Crippen molar-refractivity contribution >= 4 is 17.7 Å². The van der Waals surface area contributed by atoms with E-state index in [9.17, 15) is 4.79 Å². The predicted molar refractivity (Wildman–Crippen MR) is 90.3 cm³/mol. The summed E-state index contributed by atoms with van der Waals surface area (Å²) in [6.07, 6.45) is 0.147. The Kier molecular flexibility index (Phi) is 4.91. The molecule has 1 aliphatic heterocycles. The van der Waals surface area contributed by atoms with Crippen LogP contribution in [0.25, 0.3) is 11.4 Å². The maximum atomic E-state index is 12.1. The van der Waals surface area contributed by atoms with Gasteiger partial charge in [-0.05, 0) is 12.1 Å². The van der Waals surface area contributed by atoms with Crippen molar-refractivity contribution in [3.63, 3.8) is 0 Å². The molecule has 0 bridgehead atoms. The van der Waals surface area contributed by atoms with E-state index in [0.717, 1.165) is 5.56 Å². The van der Waals surface area contributed by atoms with E-state index in [0.29, 0.717) is 29.8 Å². The lowest BCUT2D eigenvalue weighted by molar-refractivity contribution is -0.139. The van der Waals surface area contributed by atoms with E-state index >= 15 is 0 Å². The van der Waals surface area contributed by atoms with Gasteiger partial charge < -0.3 is 20.2 Å². The lowest BCUT2D eigenvalue weighted by atomic mass is 10.2. The number of hydrogen-bond acceptors (Lipinski definition) is 7. The molecular weight excluding hydrogens is 330 g/mol. The van der Waals surface area contributed by atoms with Gasteiger partial charge in [-0.25, -0.2) is 4.68 Å². The number of methoxy groups -OCH3 is 2. The number of ether oxygens (including phenoxy) is 2. The van der Waals surface area contributed by atoms with E-state index in [1.165, 1.54) is 16.4 Å². The largest absolute Gasteiger partial charge is 0.496 e. The molecule has 128 valence electrons. The maximum Gasteiger partial charge on any atom is 0.233 e. The summed E-state index contributed by atoms with van der Waals surface area (Å²) in [5, 5.41) is 8.67. The van der Waals surface area contributed by atoms with Gasteiger partial charge in [0.05, 0.1) is 24.5 Å². The highest BCUT2D eigenvalue weighted by Gasteiger charge is 2.30. The van der Waals surface area contributed by atoms with Crippen LogP contribution in [0.2, 0.25) is 0 Å². The van der Waals surface area contributed by atoms with Gasteiger partial charge in [0.1, 0.15) is 5.75 Å². The lowest BCUT2D eigenvalue weighted by Crippen LogP contribution is -2.54. The third-order valence-electron chi connectivity index (χ3n) is 3.87. The highest BCUT2D eigenvalue weighted by molar-refractivity contribution is 7.99. The number of aromatic nitrogens is 3. The molecule has 3 rings (SSSR count). The van der Waals surface area contributed by atoms with E-state index in [1.807, 2.05) is 24.3 Å². The first-order valence-corrected chi connectivity index (χ1v) is 8.39. The van der Waals surface area contributed by atoms with Crippen molar-refractivity contribution in [1.82, 2.24) is 19.8 Å². The Hall–Kier alpha value is -2.26. The summed E-state index contributed by atoms with van der Waals surface area (Å²) in [5.74, 6) is 7.53. The van der Waals surface area contributed by atoms with Gasteiger partial charge in [-0.2, -0.15) is 0 Å². The van der Waals surface area contributed by atoms with Gasteiger partial charge >= 0.3 is 0 Å². The normalized spacial score (nSPS) is 14.5. The number of nitrogens with two attached hydrogens (primary N) is 1. The summed E-state index contributed by atoms with van der Waals surface area (Å²) in [7, 11) is 3.24. The van der Waals surface area contributed by atoms with Crippen LogP contribution in [0, 0.1) is 0 Å². The molecule has 8 nitrogen and oxygen atoms in total. The zero-order valence-electron chi connectivity index (χ0n) is 13.5. The number of rotatable bonds is 6. The van der Waals surface area contributed by atoms with Gasteiger partial charge in [-0.15, -0.1) is 10.2 Å². The molecule has 0 radical (unpaired) electrons. The molecule has 24 heavy (non-hydrogen) atoms. The van der Waals surface area contributed by atoms with Gasteiger partial charge in [-0.3, -0.25) is 4.79 Å². The zero-order valence-corrected chi connectivity index (χ0v) is 14.3. The molecule has 9 heteroatoms. The van der Waals surface area contributed by atoms with Crippen molar-refractivity contribution in [1.29, 1.82) is 0 Å². The minimum Gasteiger partial charge on any atom is -0.496 e. The predicted octanol–water partition coefficient (Wildman–Crippen LogP) is 0.617. The van der Waals surface area contributed by atoms with Crippen LogP contribution in [0.1, 0.15) is 0 Å². The van der Waals surface area contributed by atoms with E-state index < -0.39 is 0 Å². The number of para-hydroxylation sites is 1. The first-order valence-electron chi connectivity index (χ1n) is 7.41. The van der Waals surface area contributed by atoms with E-state index in [4.69, 9.17) is 15.3 Å². The van der Waals surface area contributed by atoms with Crippen LogP contribution in [0.15, 0.2) is 29.4 Å². The van der Waals surface area contributed by atoms with Crippen LogP contribution in [0.3, 0.4) is 0 Å². The fourth-order valence-electron chi connectivity index (χ4n) is 2.40. The Morgan fingerprint density at radius 1 is 1.33 bits per heavy atom. The standard InChI is InChI=1S/C15H19N5O3S/c1-22-10-7-19(8-10)13(21)9-24-15-18-17-14(20(15)16)11-5-3-4-6-12(11)23-2/h3-6,10H,7-9,16H2,1-2H3. The molecule has 2 N–H and O–H groups in total. The first kappa shape index (κ1) is 16.6. The quantitative estimate of drug-likeness (QED) is 0.603. The van der Waals surface area contributed by atoms with Crippen LogP contribution in [-0.2, 0) is 9.53 Å². The number of amides is 1. The summed E-state index contributed by atoms with van der Waals surface area (Å²) in [4.78, 5) is 13.8. The highest BCUT2D eigenvalue weighted by atomic mass is 32.2. The summed E-state index contributed by atoms with van der Waals surface area (Å²) in [6.45, 7) is 1.27. The fraction of sp³-hybridized carbons (Fsp3) is 0.400. The molecule has 1 amide bonds. The lowest BCUT2D eigenvalue weighted by Gasteiger charge is -2.38. The number of hydrogen-bond donors (Lipinski definition) is 1. The van der Waals surface area contributed by atoms with Crippen molar-refractivity contribution in [2.45, 2.75) is 11.3 Å². The molecule has 1 aromatic heterocycles. The Bertz CT molecular complexity index is 730. The van der Waals surface area contributed by atoms with E-state index in [-0.39, 0.29) is 17.8 Å². The average Bonchev–Trinajstić information content (AvgIpc) is 2.92. The number of benzene rings is 1. The van der Waals surface area contributed by atoms with Crippen molar-refractivity contribution in [2.75, 3.05) is 38.9 Å². The third-order valence-corrected chi connectivity index (χ3v) is 4.80. The molecule has 1 saturated heterocycles. The molecule has 0 unspecified atom stereocenters. The van der Waals surface area contributed by atoms with Crippen molar-refractivity contribution in [3.05, 3.63) is 24.3 Å². The Balaban J connectivity index is 1.66. The van der Waals surface area contributed by atoms with Crippen molar-refractivity contribution in [2.24, 2.45) is 0 Å². The van der Waals surface area contributed by atoms with Crippen LogP contribution < -0.4 is 10.6 Å². The van der Waals surface area contributed by atoms with Gasteiger partial charge in [-0.1, -0.05) is 23.9 Å². The smallest absolute Gasteiger partial charge is 0.233 e. The van der Waals surface area contributed by atoms with Crippen molar-refractivity contribution in [3.8, 4) is 17.1 Å². The Labute approximate surface area is 143 Å². The minimum atomic E-state index is 0.0372. The molecule has 0 saturated carbocycles. The van der Waals surface area contributed by atoms with Gasteiger partial charge in [0.2, 0.25) is 11.1 Å². The molecule has 2 aromatic rings. The Morgan fingerprint density at radius 3 is 2.79 bits per heavy atom. The molecule has 2 heterocycles. The second kappa shape index (κ2) is 7.10. The summed E-state index contributed by atoms with van der Waals surface area (Å²) < 4.78 is 11.9. The second-order valence-electron chi connectivity index (χ2n) is 5.32. The van der Waals surface area contributed by atoms with E-state index in [2.05, 4.69) is 10.2 Å². The highest BCUT2D eigenvalue weighted by Crippen LogP contribution is 2.29. The minimum absolute atomic E-state index is 0.0372. The SMILES string of the molecule is COc1ccccc1-c1nnc(SCC(=O)N2CC(OC)C2)n1N. The molecule has 1 aromatic carbocycles. The van der Waals surface area contributed by atoms with Crippen LogP contribution in [0.5, 0.6) is 5.75 Å². The number of carbonyl (C=O) groups is 1. The fourth-order valence-corrected chi connectivity index (χ4v) is 3.16. The maximum absolute atomic E-state index is 12.1. The monoisotopic (exact) mass is 349 g/mol. The van der Waals surface area contributed by atoms with E-state index in [1.54, 1.807) is 19.1 Å². The number of nitrogen functional groups attached to an aromatic ring is 1. The molecule has 0 atom stereocenters. The topological polar surface area (TPSA) is 95.5 Å². The second-order valence-corrected chi connectivity index (χ2v) is 6.26. The third kappa shape index (κ3) is 3.17. The number of nitrogens with zero attached hydrogens (tertiary/aromatic N) is 4. The van der Waals surface area contributed by atoms with Crippen LogP contribution in [-0.4, -0.2) is 64.8 Å². The molecule has 1 aliphatic rings. The first-order chi connectivity index (χ1) is 11.6. The number of likely N-dealkylation sites (tertiary alicyclic amines) is 1. The molecular formula is C15H19N5O3S. The summed E-state index contributed by atoms with van der Waals surface area (Å²) in [5.41, 5.74) is 0.749. The van der Waals surface area contributed by atoms with Gasteiger partial charge in [0, 0.05) is 20.2 Å².